The van der Waals surface area contributed by atoms with Crippen LogP contribution in [0.3, 0.4) is 0 Å². The third kappa shape index (κ3) is 3.88. The molecule has 0 spiro atoms. The van der Waals surface area contributed by atoms with Crippen LogP contribution >= 0.6 is 0 Å². The average Bonchev–Trinajstić information content (AvgIpc) is 2.47. The van der Waals surface area contributed by atoms with Crippen molar-refractivity contribution in [2.24, 2.45) is 0 Å². The smallest absolute Gasteiger partial charge is 0.213 e. The van der Waals surface area contributed by atoms with E-state index in [1.54, 1.807) is 13.3 Å². The summed E-state index contributed by atoms with van der Waals surface area (Å²) < 4.78 is 10.4. The highest BCUT2D eigenvalue weighted by Crippen LogP contribution is 2.15. The molecule has 0 saturated carbocycles. The summed E-state index contributed by atoms with van der Waals surface area (Å²) in [6, 6.07) is 11.8. The van der Waals surface area contributed by atoms with Gasteiger partial charge in [0, 0.05) is 12.6 Å². The van der Waals surface area contributed by atoms with Gasteiger partial charge in [-0.1, -0.05) is 12.1 Å². The number of nitrogens with one attached hydrogen (secondary N) is 1. The lowest BCUT2D eigenvalue weighted by atomic mass is 10.2. The maximum Gasteiger partial charge on any atom is 0.213 e. The molecule has 0 aliphatic heterocycles. The quantitative estimate of drug-likeness (QED) is 0.864. The number of methoxy groups -OCH3 is 1. The normalized spacial score (nSPS) is 10.0. The fourth-order valence-electron chi connectivity index (χ4n) is 1.67. The van der Waals surface area contributed by atoms with Crippen molar-refractivity contribution in [3.8, 4) is 11.6 Å². The maximum absolute atomic E-state index is 5.30. The molecule has 1 heterocycles. The Morgan fingerprint density at radius 1 is 1.11 bits per heavy atom. The number of benzene rings is 1. The lowest BCUT2D eigenvalue weighted by Crippen LogP contribution is -2.00. The second-order valence-electron chi connectivity index (χ2n) is 4.02. The summed E-state index contributed by atoms with van der Waals surface area (Å²) in [4.78, 5) is 4.20. The van der Waals surface area contributed by atoms with E-state index in [2.05, 4.69) is 10.3 Å². The number of hydrogen-bond donors (Lipinski definition) is 1. The third-order valence-electron chi connectivity index (χ3n) is 2.68. The van der Waals surface area contributed by atoms with Gasteiger partial charge in [0.05, 0.1) is 25.6 Å². The second kappa shape index (κ2) is 6.64. The Morgan fingerprint density at radius 3 is 2.47 bits per heavy atom. The van der Waals surface area contributed by atoms with Crippen LogP contribution in [-0.2, 0) is 6.54 Å². The van der Waals surface area contributed by atoms with E-state index >= 15 is 0 Å². The number of aromatic nitrogens is 1. The van der Waals surface area contributed by atoms with Crippen LogP contribution in [-0.4, -0.2) is 18.7 Å². The van der Waals surface area contributed by atoms with Crippen molar-refractivity contribution in [1.82, 2.24) is 4.98 Å². The van der Waals surface area contributed by atoms with Gasteiger partial charge < -0.3 is 14.8 Å². The van der Waals surface area contributed by atoms with Crippen LogP contribution in [0.15, 0.2) is 42.6 Å². The van der Waals surface area contributed by atoms with E-state index in [0.29, 0.717) is 12.5 Å². The minimum absolute atomic E-state index is 0.631. The molecular weight excluding hydrogens is 240 g/mol. The molecule has 0 aliphatic rings. The predicted octanol–water partition coefficient (Wildman–Crippen LogP) is 3.10. The van der Waals surface area contributed by atoms with E-state index < -0.39 is 0 Å². The molecule has 0 radical (unpaired) electrons. The molecule has 0 fully saturated rings. The Hall–Kier alpha value is -2.23. The first-order valence-corrected chi connectivity index (χ1v) is 6.27. The molecule has 100 valence electrons. The van der Waals surface area contributed by atoms with Crippen LogP contribution in [0.2, 0.25) is 0 Å². The molecule has 0 atom stereocenters. The summed E-state index contributed by atoms with van der Waals surface area (Å²) in [5, 5.41) is 3.31. The first-order valence-electron chi connectivity index (χ1n) is 6.27. The van der Waals surface area contributed by atoms with Gasteiger partial charge in [-0.25, -0.2) is 4.98 Å². The Balaban J connectivity index is 1.90. The molecule has 0 bridgehead atoms. The molecule has 2 aromatic rings. The maximum atomic E-state index is 5.30. The molecule has 4 heteroatoms. The topological polar surface area (TPSA) is 43.4 Å². The van der Waals surface area contributed by atoms with Gasteiger partial charge in [0.15, 0.2) is 0 Å². The van der Waals surface area contributed by atoms with Crippen LogP contribution < -0.4 is 14.8 Å². The van der Waals surface area contributed by atoms with Gasteiger partial charge in [-0.05, 0) is 30.7 Å². The summed E-state index contributed by atoms with van der Waals surface area (Å²) in [6.07, 6.45) is 1.77. The van der Waals surface area contributed by atoms with E-state index in [4.69, 9.17) is 9.47 Å². The first kappa shape index (κ1) is 13.2. The van der Waals surface area contributed by atoms with E-state index in [-0.39, 0.29) is 0 Å². The minimum Gasteiger partial charge on any atom is -0.497 e. The number of anilines is 1. The van der Waals surface area contributed by atoms with Crippen molar-refractivity contribution < 1.29 is 9.47 Å². The summed E-state index contributed by atoms with van der Waals surface area (Å²) in [5.41, 5.74) is 2.16. The Labute approximate surface area is 113 Å². The van der Waals surface area contributed by atoms with E-state index in [0.717, 1.165) is 18.0 Å². The Morgan fingerprint density at radius 2 is 1.89 bits per heavy atom. The van der Waals surface area contributed by atoms with Crippen LogP contribution in [0.25, 0.3) is 0 Å². The third-order valence-corrected chi connectivity index (χ3v) is 2.68. The van der Waals surface area contributed by atoms with Crippen LogP contribution in [0.4, 0.5) is 5.69 Å². The summed E-state index contributed by atoms with van der Waals surface area (Å²) in [5.74, 6) is 1.52. The van der Waals surface area contributed by atoms with Crippen molar-refractivity contribution in [1.29, 1.82) is 0 Å². The first-order chi connectivity index (χ1) is 9.31. The van der Waals surface area contributed by atoms with Gasteiger partial charge in [-0.3, -0.25) is 0 Å². The van der Waals surface area contributed by atoms with Crippen molar-refractivity contribution in [2.75, 3.05) is 19.0 Å². The highest BCUT2D eigenvalue weighted by Gasteiger charge is 1.97. The SMILES string of the molecule is CCOc1ccc(NCc2ccc(OC)cc2)cn1. The standard InChI is InChI=1S/C15H18N2O2/c1-3-19-15-9-6-13(11-17-15)16-10-12-4-7-14(18-2)8-5-12/h4-9,11,16H,3,10H2,1-2H3. The van der Waals surface area contributed by atoms with Gasteiger partial charge in [0.2, 0.25) is 5.88 Å². The van der Waals surface area contributed by atoms with Crippen LogP contribution in [0, 0.1) is 0 Å². The number of pyridine rings is 1. The lowest BCUT2D eigenvalue weighted by Gasteiger charge is -2.08. The largest absolute Gasteiger partial charge is 0.497 e. The Kier molecular flexibility index (Phi) is 4.61. The molecule has 1 N–H and O–H groups in total. The molecule has 0 saturated heterocycles. The molecule has 0 aliphatic carbocycles. The highest BCUT2D eigenvalue weighted by atomic mass is 16.5. The van der Waals surface area contributed by atoms with E-state index in [1.807, 2.05) is 43.3 Å². The minimum atomic E-state index is 0.631. The summed E-state index contributed by atoms with van der Waals surface area (Å²) >= 11 is 0. The summed E-state index contributed by atoms with van der Waals surface area (Å²) in [7, 11) is 1.67. The van der Waals surface area contributed by atoms with Gasteiger partial charge in [-0.2, -0.15) is 0 Å². The Bertz CT molecular complexity index is 495. The van der Waals surface area contributed by atoms with Gasteiger partial charge in [-0.15, -0.1) is 0 Å². The van der Waals surface area contributed by atoms with Crippen molar-refractivity contribution >= 4 is 5.69 Å². The fourth-order valence-corrected chi connectivity index (χ4v) is 1.67. The van der Waals surface area contributed by atoms with Crippen molar-refractivity contribution in [2.45, 2.75) is 13.5 Å². The van der Waals surface area contributed by atoms with Crippen molar-refractivity contribution in [3.05, 3.63) is 48.2 Å². The van der Waals surface area contributed by atoms with Crippen LogP contribution in [0.1, 0.15) is 12.5 Å². The second-order valence-corrected chi connectivity index (χ2v) is 4.02. The molecule has 0 unspecified atom stereocenters. The van der Waals surface area contributed by atoms with Crippen LogP contribution in [0.5, 0.6) is 11.6 Å². The molecular formula is C15H18N2O2. The zero-order valence-corrected chi connectivity index (χ0v) is 11.2. The molecule has 4 nitrogen and oxygen atoms in total. The predicted molar refractivity (Wildman–Crippen MR) is 75.7 cm³/mol. The molecule has 1 aromatic heterocycles. The zero-order valence-electron chi connectivity index (χ0n) is 11.2. The highest BCUT2D eigenvalue weighted by molar-refractivity contribution is 5.43. The van der Waals surface area contributed by atoms with Gasteiger partial charge in [0.25, 0.3) is 0 Å². The number of rotatable bonds is 6. The van der Waals surface area contributed by atoms with E-state index in [1.165, 1.54) is 5.56 Å². The monoisotopic (exact) mass is 258 g/mol. The summed E-state index contributed by atoms with van der Waals surface area (Å²) in [6.45, 7) is 3.32. The molecule has 19 heavy (non-hydrogen) atoms. The molecule has 2 rings (SSSR count). The lowest BCUT2D eigenvalue weighted by molar-refractivity contribution is 0.327. The van der Waals surface area contributed by atoms with Gasteiger partial charge in [0.1, 0.15) is 5.75 Å². The molecule has 0 amide bonds. The van der Waals surface area contributed by atoms with Crippen molar-refractivity contribution in [3.63, 3.8) is 0 Å². The average molecular weight is 258 g/mol. The van der Waals surface area contributed by atoms with E-state index in [9.17, 15) is 0 Å². The zero-order chi connectivity index (χ0) is 13.5. The van der Waals surface area contributed by atoms with Gasteiger partial charge >= 0.3 is 0 Å². The number of hydrogen-bond acceptors (Lipinski definition) is 4. The molecule has 1 aromatic carbocycles. The number of ether oxygens (including phenoxy) is 2. The number of nitrogens with zero attached hydrogens (tertiary/aromatic N) is 1. The fraction of sp³-hybridized carbons (Fsp3) is 0.267.